The Balaban J connectivity index is 2.24. The maximum atomic E-state index is 13.1. The summed E-state index contributed by atoms with van der Waals surface area (Å²) in [7, 11) is -1.29. The van der Waals surface area contributed by atoms with Gasteiger partial charge in [0.25, 0.3) is 0 Å². The number of nitrogens with two attached hydrogens (primary N) is 1. The third-order valence-electron chi connectivity index (χ3n) is 2.42. The van der Waals surface area contributed by atoms with Crippen LogP contribution in [0.25, 0.3) is 0 Å². The molecule has 0 saturated carbocycles. The van der Waals surface area contributed by atoms with Crippen molar-refractivity contribution in [3.8, 4) is 0 Å². The zero-order valence-electron chi connectivity index (χ0n) is 9.40. The summed E-state index contributed by atoms with van der Waals surface area (Å²) < 4.78 is 25.2. The molecule has 18 heavy (non-hydrogen) atoms. The van der Waals surface area contributed by atoms with Gasteiger partial charge in [0, 0.05) is 15.6 Å². The van der Waals surface area contributed by atoms with E-state index in [4.69, 9.17) is 17.3 Å². The first-order valence-electron chi connectivity index (χ1n) is 5.24. The van der Waals surface area contributed by atoms with Gasteiger partial charge in [-0.15, -0.1) is 0 Å². The zero-order chi connectivity index (χ0) is 13.1. The van der Waals surface area contributed by atoms with Gasteiger partial charge in [-0.25, -0.2) is 4.39 Å². The highest BCUT2D eigenvalue weighted by Gasteiger charge is 2.09. The number of halogens is 2. The lowest BCUT2D eigenvalue weighted by Gasteiger charge is -2.05. The highest BCUT2D eigenvalue weighted by atomic mass is 35.5. The van der Waals surface area contributed by atoms with Gasteiger partial charge in [-0.1, -0.05) is 17.7 Å². The Kier molecular flexibility index (Phi) is 3.99. The second-order valence-electron chi connectivity index (χ2n) is 3.80. The molecule has 5 heteroatoms. The highest BCUT2D eigenvalue weighted by Crippen LogP contribution is 2.21. The Hall–Kier alpha value is -1.39. The fourth-order valence-corrected chi connectivity index (χ4v) is 2.98. The highest BCUT2D eigenvalue weighted by molar-refractivity contribution is 7.84. The lowest BCUT2D eigenvalue weighted by molar-refractivity contribution is 0.626. The first kappa shape index (κ1) is 13.1. The van der Waals surface area contributed by atoms with Gasteiger partial charge in [0.1, 0.15) is 5.82 Å². The Morgan fingerprint density at radius 1 is 1.22 bits per heavy atom. The minimum atomic E-state index is -1.29. The molecule has 0 spiro atoms. The van der Waals surface area contributed by atoms with Gasteiger partial charge in [-0.2, -0.15) is 0 Å². The van der Waals surface area contributed by atoms with Crippen LogP contribution in [-0.2, 0) is 16.6 Å². The second kappa shape index (κ2) is 5.50. The minimum Gasteiger partial charge on any atom is -0.399 e. The van der Waals surface area contributed by atoms with E-state index in [-0.39, 0.29) is 11.6 Å². The second-order valence-corrected chi connectivity index (χ2v) is 5.66. The fraction of sp³-hybridized carbons (Fsp3) is 0.0769. The minimum absolute atomic E-state index is 0.167. The molecular formula is C13H11ClFNOS. The predicted octanol–water partition coefficient (Wildman–Crippen LogP) is 3.37. The van der Waals surface area contributed by atoms with Crippen molar-refractivity contribution in [2.75, 3.05) is 5.73 Å². The van der Waals surface area contributed by atoms with Crippen molar-refractivity contribution in [3.63, 3.8) is 0 Å². The molecule has 0 heterocycles. The summed E-state index contributed by atoms with van der Waals surface area (Å²) in [5.41, 5.74) is 6.70. The van der Waals surface area contributed by atoms with Gasteiger partial charge in [-0.05, 0) is 42.0 Å². The molecular weight excluding hydrogens is 273 g/mol. The molecule has 0 aliphatic heterocycles. The summed E-state index contributed by atoms with van der Waals surface area (Å²) >= 11 is 5.93. The van der Waals surface area contributed by atoms with Crippen LogP contribution in [0.1, 0.15) is 5.56 Å². The molecule has 2 nitrogen and oxygen atoms in total. The summed E-state index contributed by atoms with van der Waals surface area (Å²) in [6.45, 7) is 0. The topological polar surface area (TPSA) is 43.1 Å². The van der Waals surface area contributed by atoms with Gasteiger partial charge in [0.2, 0.25) is 0 Å². The summed E-state index contributed by atoms with van der Waals surface area (Å²) in [4.78, 5) is 0.607. The standard InChI is InChI=1S/C13H11ClFNOS/c14-13-5-4-10(15)6-9(13)8-18(17)12-3-1-2-11(16)7-12/h1-7H,8,16H2. The first-order valence-corrected chi connectivity index (χ1v) is 6.94. The average molecular weight is 284 g/mol. The summed E-state index contributed by atoms with van der Waals surface area (Å²) in [5.74, 6) is -0.223. The smallest absolute Gasteiger partial charge is 0.123 e. The van der Waals surface area contributed by atoms with Crippen LogP contribution in [0.3, 0.4) is 0 Å². The number of rotatable bonds is 3. The first-order chi connectivity index (χ1) is 8.56. The molecule has 2 N–H and O–H groups in total. The quantitative estimate of drug-likeness (QED) is 0.878. The molecule has 0 saturated heterocycles. The molecule has 0 aliphatic rings. The van der Waals surface area contributed by atoms with Gasteiger partial charge in [-0.3, -0.25) is 4.21 Å². The Morgan fingerprint density at radius 3 is 2.72 bits per heavy atom. The molecule has 0 radical (unpaired) electrons. The van der Waals surface area contributed by atoms with Crippen molar-refractivity contribution in [1.82, 2.24) is 0 Å². The number of hydrogen-bond donors (Lipinski definition) is 1. The fourth-order valence-electron chi connectivity index (χ4n) is 1.53. The molecule has 2 aromatic carbocycles. The third kappa shape index (κ3) is 3.09. The maximum absolute atomic E-state index is 13.1. The molecule has 1 atom stereocenters. The van der Waals surface area contributed by atoms with E-state index in [1.807, 2.05) is 0 Å². The van der Waals surface area contributed by atoms with E-state index in [1.54, 1.807) is 24.3 Å². The normalized spacial score (nSPS) is 12.3. The van der Waals surface area contributed by atoms with Crippen molar-refractivity contribution >= 4 is 28.1 Å². The van der Waals surface area contributed by atoms with E-state index in [0.717, 1.165) is 0 Å². The molecule has 2 rings (SSSR count). The van der Waals surface area contributed by atoms with E-state index >= 15 is 0 Å². The van der Waals surface area contributed by atoms with E-state index in [0.29, 0.717) is 21.2 Å². The third-order valence-corrected chi connectivity index (χ3v) is 4.14. The van der Waals surface area contributed by atoms with Gasteiger partial charge in [0.15, 0.2) is 0 Å². The number of nitrogen functional groups attached to an aromatic ring is 1. The molecule has 94 valence electrons. The van der Waals surface area contributed by atoms with Gasteiger partial charge >= 0.3 is 0 Å². The van der Waals surface area contributed by atoms with Crippen LogP contribution < -0.4 is 5.73 Å². The molecule has 0 aromatic heterocycles. The van der Waals surface area contributed by atoms with Crippen molar-refractivity contribution in [2.45, 2.75) is 10.6 Å². The van der Waals surface area contributed by atoms with Crippen LogP contribution in [0, 0.1) is 5.82 Å². The number of benzene rings is 2. The Morgan fingerprint density at radius 2 is 2.00 bits per heavy atom. The summed E-state index contributed by atoms with van der Waals surface area (Å²) in [6.07, 6.45) is 0. The Labute approximate surface area is 112 Å². The van der Waals surface area contributed by atoms with E-state index in [2.05, 4.69) is 0 Å². The largest absolute Gasteiger partial charge is 0.399 e. The van der Waals surface area contributed by atoms with Crippen LogP contribution in [0.5, 0.6) is 0 Å². The molecule has 0 bridgehead atoms. The van der Waals surface area contributed by atoms with E-state index < -0.39 is 10.8 Å². The summed E-state index contributed by atoms with van der Waals surface area (Å²) in [5, 5.41) is 0.411. The van der Waals surface area contributed by atoms with Crippen molar-refractivity contribution < 1.29 is 8.60 Å². The Bertz CT molecular complexity index is 603. The average Bonchev–Trinajstić information content (AvgIpc) is 2.34. The SMILES string of the molecule is Nc1cccc(S(=O)Cc2cc(F)ccc2Cl)c1. The van der Waals surface area contributed by atoms with Crippen molar-refractivity contribution in [2.24, 2.45) is 0 Å². The molecule has 0 amide bonds. The van der Waals surface area contributed by atoms with E-state index in [1.165, 1.54) is 18.2 Å². The molecule has 0 fully saturated rings. The van der Waals surface area contributed by atoms with Crippen LogP contribution in [0.4, 0.5) is 10.1 Å². The summed E-state index contributed by atoms with van der Waals surface area (Å²) in [6, 6.07) is 10.8. The molecule has 1 unspecified atom stereocenters. The van der Waals surface area contributed by atoms with Crippen LogP contribution in [0.2, 0.25) is 5.02 Å². The monoisotopic (exact) mass is 283 g/mol. The maximum Gasteiger partial charge on any atom is 0.123 e. The molecule has 0 aliphatic carbocycles. The molecule has 2 aromatic rings. The van der Waals surface area contributed by atoms with Crippen LogP contribution in [-0.4, -0.2) is 4.21 Å². The van der Waals surface area contributed by atoms with Crippen LogP contribution in [0.15, 0.2) is 47.4 Å². The van der Waals surface area contributed by atoms with E-state index in [9.17, 15) is 8.60 Å². The van der Waals surface area contributed by atoms with Gasteiger partial charge in [0.05, 0.1) is 16.6 Å². The number of anilines is 1. The van der Waals surface area contributed by atoms with Crippen LogP contribution >= 0.6 is 11.6 Å². The lowest BCUT2D eigenvalue weighted by atomic mass is 10.2. The van der Waals surface area contributed by atoms with Crippen molar-refractivity contribution in [1.29, 1.82) is 0 Å². The predicted molar refractivity (Wildman–Crippen MR) is 72.4 cm³/mol. The van der Waals surface area contributed by atoms with Gasteiger partial charge < -0.3 is 5.73 Å². The van der Waals surface area contributed by atoms with Crippen molar-refractivity contribution in [3.05, 3.63) is 58.9 Å². The lowest BCUT2D eigenvalue weighted by Crippen LogP contribution is -1.99. The number of hydrogen-bond acceptors (Lipinski definition) is 2. The zero-order valence-corrected chi connectivity index (χ0v) is 11.0.